The second-order valence-corrected chi connectivity index (χ2v) is 4.29. The Bertz CT molecular complexity index is 296. The van der Waals surface area contributed by atoms with Crippen LogP contribution >= 0.6 is 0 Å². The number of hydrogen-bond donors (Lipinski definition) is 0. The number of benzene rings is 1. The number of halogens is 2. The zero-order chi connectivity index (χ0) is 10.8. The lowest BCUT2D eigenvalue weighted by atomic mass is 9.81. The molecule has 2 heteroatoms. The van der Waals surface area contributed by atoms with Gasteiger partial charge in [-0.1, -0.05) is 27.2 Å². The Morgan fingerprint density at radius 2 is 1.57 bits per heavy atom. The Labute approximate surface area is 84.0 Å². The molecule has 0 nitrogen and oxygen atoms in total. The molecule has 0 amide bonds. The van der Waals surface area contributed by atoms with Gasteiger partial charge in [-0.2, -0.15) is 0 Å². The molecule has 1 rings (SSSR count). The van der Waals surface area contributed by atoms with Gasteiger partial charge in [-0.15, -0.1) is 0 Å². The molecule has 0 saturated carbocycles. The molecule has 0 atom stereocenters. The van der Waals surface area contributed by atoms with Crippen molar-refractivity contribution in [3.63, 3.8) is 0 Å². The lowest BCUT2D eigenvalue weighted by Crippen LogP contribution is -2.17. The highest BCUT2D eigenvalue weighted by atomic mass is 19.1. The standard InChI is InChI=1S/C12H16F2/c1-4-5-12(2,3)9-6-10(13)8-11(14)7-9/h6-8H,4-5H2,1-3H3. The van der Waals surface area contributed by atoms with Crippen LogP contribution < -0.4 is 0 Å². The lowest BCUT2D eigenvalue weighted by molar-refractivity contribution is 0.463. The quantitative estimate of drug-likeness (QED) is 0.687. The minimum Gasteiger partial charge on any atom is -0.207 e. The molecule has 1 aromatic rings. The van der Waals surface area contributed by atoms with Crippen molar-refractivity contribution in [1.82, 2.24) is 0 Å². The Morgan fingerprint density at radius 3 is 2.00 bits per heavy atom. The average molecular weight is 198 g/mol. The van der Waals surface area contributed by atoms with E-state index in [9.17, 15) is 8.78 Å². The summed E-state index contributed by atoms with van der Waals surface area (Å²) in [4.78, 5) is 0. The lowest BCUT2D eigenvalue weighted by Gasteiger charge is -2.24. The van der Waals surface area contributed by atoms with Crippen LogP contribution in [0.15, 0.2) is 18.2 Å². The first-order valence-corrected chi connectivity index (χ1v) is 4.92. The molecule has 0 saturated heterocycles. The van der Waals surface area contributed by atoms with Crippen molar-refractivity contribution >= 4 is 0 Å². The fourth-order valence-electron chi connectivity index (χ4n) is 1.71. The molecule has 0 radical (unpaired) electrons. The first kappa shape index (κ1) is 11.2. The highest BCUT2D eigenvalue weighted by molar-refractivity contribution is 5.25. The summed E-state index contributed by atoms with van der Waals surface area (Å²) < 4.78 is 25.9. The first-order chi connectivity index (χ1) is 6.45. The van der Waals surface area contributed by atoms with E-state index in [0.717, 1.165) is 24.5 Å². The van der Waals surface area contributed by atoms with Crippen molar-refractivity contribution in [2.75, 3.05) is 0 Å². The van der Waals surface area contributed by atoms with Crippen LogP contribution in [0, 0.1) is 11.6 Å². The third-order valence-corrected chi connectivity index (χ3v) is 2.52. The van der Waals surface area contributed by atoms with E-state index in [4.69, 9.17) is 0 Å². The fraction of sp³-hybridized carbons (Fsp3) is 0.500. The topological polar surface area (TPSA) is 0 Å². The van der Waals surface area contributed by atoms with Gasteiger partial charge in [-0.05, 0) is 29.5 Å². The zero-order valence-electron chi connectivity index (χ0n) is 8.90. The summed E-state index contributed by atoms with van der Waals surface area (Å²) in [5.74, 6) is -0.992. The molecule has 78 valence electrons. The molecular weight excluding hydrogens is 182 g/mol. The van der Waals surface area contributed by atoms with Crippen LogP contribution in [0.4, 0.5) is 8.78 Å². The van der Waals surface area contributed by atoms with E-state index < -0.39 is 11.6 Å². The zero-order valence-corrected chi connectivity index (χ0v) is 8.90. The van der Waals surface area contributed by atoms with Gasteiger partial charge in [0, 0.05) is 6.07 Å². The highest BCUT2D eigenvalue weighted by Gasteiger charge is 2.20. The minimum atomic E-state index is -0.496. The van der Waals surface area contributed by atoms with Crippen molar-refractivity contribution in [2.45, 2.75) is 39.0 Å². The van der Waals surface area contributed by atoms with Gasteiger partial charge >= 0.3 is 0 Å². The van der Waals surface area contributed by atoms with E-state index in [1.165, 1.54) is 12.1 Å². The van der Waals surface area contributed by atoms with Crippen LogP contribution in [0.25, 0.3) is 0 Å². The summed E-state index contributed by atoms with van der Waals surface area (Å²) in [5.41, 5.74) is 0.578. The summed E-state index contributed by atoms with van der Waals surface area (Å²) in [5, 5.41) is 0. The van der Waals surface area contributed by atoms with Gasteiger partial charge in [0.1, 0.15) is 11.6 Å². The molecule has 1 aromatic carbocycles. The maximum absolute atomic E-state index is 13.0. The van der Waals surface area contributed by atoms with Crippen LogP contribution in [0.5, 0.6) is 0 Å². The molecule has 0 aliphatic rings. The Morgan fingerprint density at radius 1 is 1.07 bits per heavy atom. The molecule has 14 heavy (non-hydrogen) atoms. The van der Waals surface area contributed by atoms with Crippen LogP contribution in [-0.4, -0.2) is 0 Å². The molecule has 0 aliphatic carbocycles. The molecule has 0 fully saturated rings. The average Bonchev–Trinajstić information content (AvgIpc) is 2.02. The number of rotatable bonds is 3. The van der Waals surface area contributed by atoms with Crippen LogP contribution in [0.3, 0.4) is 0 Å². The summed E-state index contributed by atoms with van der Waals surface area (Å²) in [6.07, 6.45) is 1.93. The van der Waals surface area contributed by atoms with Crippen molar-refractivity contribution < 1.29 is 8.78 Å². The van der Waals surface area contributed by atoms with E-state index in [-0.39, 0.29) is 5.41 Å². The first-order valence-electron chi connectivity index (χ1n) is 4.92. The highest BCUT2D eigenvalue weighted by Crippen LogP contribution is 2.29. The Balaban J connectivity index is 3.05. The van der Waals surface area contributed by atoms with Gasteiger partial charge in [0.25, 0.3) is 0 Å². The largest absolute Gasteiger partial charge is 0.207 e. The predicted molar refractivity (Wildman–Crippen MR) is 54.3 cm³/mol. The van der Waals surface area contributed by atoms with Gasteiger partial charge in [-0.3, -0.25) is 0 Å². The van der Waals surface area contributed by atoms with E-state index in [1.54, 1.807) is 0 Å². The molecule has 0 spiro atoms. The summed E-state index contributed by atoms with van der Waals surface area (Å²) in [7, 11) is 0. The molecule has 0 aromatic heterocycles. The van der Waals surface area contributed by atoms with Crippen molar-refractivity contribution in [3.8, 4) is 0 Å². The molecule has 0 bridgehead atoms. The summed E-state index contributed by atoms with van der Waals surface area (Å²) in [6, 6.07) is 3.74. The number of hydrogen-bond acceptors (Lipinski definition) is 0. The van der Waals surface area contributed by atoms with Crippen molar-refractivity contribution in [1.29, 1.82) is 0 Å². The van der Waals surface area contributed by atoms with Gasteiger partial charge in [-0.25, -0.2) is 8.78 Å². The van der Waals surface area contributed by atoms with Gasteiger partial charge in [0.05, 0.1) is 0 Å². The predicted octanol–water partition coefficient (Wildman–Crippen LogP) is 4.04. The Hall–Kier alpha value is -0.920. The molecule has 0 unspecified atom stereocenters. The fourth-order valence-corrected chi connectivity index (χ4v) is 1.71. The maximum atomic E-state index is 13.0. The third-order valence-electron chi connectivity index (χ3n) is 2.52. The maximum Gasteiger partial charge on any atom is 0.126 e. The smallest absolute Gasteiger partial charge is 0.126 e. The second-order valence-electron chi connectivity index (χ2n) is 4.29. The van der Waals surface area contributed by atoms with Gasteiger partial charge in [0.15, 0.2) is 0 Å². The summed E-state index contributed by atoms with van der Waals surface area (Å²) >= 11 is 0. The monoisotopic (exact) mass is 198 g/mol. The second kappa shape index (κ2) is 4.07. The van der Waals surface area contributed by atoms with Crippen molar-refractivity contribution in [3.05, 3.63) is 35.4 Å². The van der Waals surface area contributed by atoms with Crippen molar-refractivity contribution in [2.24, 2.45) is 0 Å². The van der Waals surface area contributed by atoms with Crippen LogP contribution in [-0.2, 0) is 5.41 Å². The van der Waals surface area contributed by atoms with Gasteiger partial charge in [0.2, 0.25) is 0 Å². The summed E-state index contributed by atoms with van der Waals surface area (Å²) in [6.45, 7) is 6.08. The van der Waals surface area contributed by atoms with Gasteiger partial charge < -0.3 is 0 Å². The molecule has 0 heterocycles. The van der Waals surface area contributed by atoms with E-state index in [1.807, 2.05) is 13.8 Å². The third kappa shape index (κ3) is 2.53. The van der Waals surface area contributed by atoms with E-state index >= 15 is 0 Å². The van der Waals surface area contributed by atoms with Crippen LogP contribution in [0.1, 0.15) is 39.2 Å². The van der Waals surface area contributed by atoms with Crippen LogP contribution in [0.2, 0.25) is 0 Å². The normalized spacial score (nSPS) is 11.8. The minimum absolute atomic E-state index is 0.155. The SMILES string of the molecule is CCCC(C)(C)c1cc(F)cc(F)c1. The molecule has 0 N–H and O–H groups in total. The van der Waals surface area contributed by atoms with E-state index in [0.29, 0.717) is 0 Å². The Kier molecular flexibility index (Phi) is 3.25. The van der Waals surface area contributed by atoms with E-state index in [2.05, 4.69) is 6.92 Å². The molecule has 0 aliphatic heterocycles. The molecular formula is C12H16F2.